The number of amides is 2. The molecule has 2 aromatic carbocycles. The fourth-order valence-electron chi connectivity index (χ4n) is 2.47. The number of nitrogens with two attached hydrogens (primary N) is 1. The maximum absolute atomic E-state index is 12.3. The predicted octanol–water partition coefficient (Wildman–Crippen LogP) is 3.43. The van der Waals surface area contributed by atoms with Crippen LogP contribution in [0, 0.1) is 0 Å². The van der Waals surface area contributed by atoms with E-state index in [1.54, 1.807) is 47.4 Å². The molecule has 6 nitrogen and oxygen atoms in total. The second-order valence-electron chi connectivity index (χ2n) is 5.47. The van der Waals surface area contributed by atoms with Crippen molar-refractivity contribution in [2.75, 3.05) is 31.2 Å². The number of hydrogen-bond acceptors (Lipinski definition) is 4. The highest BCUT2D eigenvalue weighted by molar-refractivity contribution is 6.05. The molecule has 0 unspecified atom stereocenters. The van der Waals surface area contributed by atoms with Crippen LogP contribution in [-0.2, 0) is 0 Å². The van der Waals surface area contributed by atoms with Crippen molar-refractivity contribution in [1.82, 2.24) is 4.90 Å². The van der Waals surface area contributed by atoms with Crippen LogP contribution in [0.4, 0.5) is 11.4 Å². The molecule has 0 aliphatic carbocycles. The Labute approximate surface area is 159 Å². The normalized spacial score (nSPS) is 9.81. The molecule has 0 saturated carbocycles. The third-order valence-electron chi connectivity index (χ3n) is 3.93. The summed E-state index contributed by atoms with van der Waals surface area (Å²) in [6.07, 6.45) is 0. The summed E-state index contributed by atoms with van der Waals surface area (Å²) in [4.78, 5) is 26.3. The molecule has 0 aromatic heterocycles. The summed E-state index contributed by atoms with van der Waals surface area (Å²) in [7, 11) is 1.53. The molecule has 0 spiro atoms. The summed E-state index contributed by atoms with van der Waals surface area (Å²) in [5.41, 5.74) is 7.88. The van der Waals surface area contributed by atoms with Crippen LogP contribution in [0.15, 0.2) is 42.5 Å². The van der Waals surface area contributed by atoms with Gasteiger partial charge in [-0.05, 0) is 56.3 Å². The second kappa shape index (κ2) is 9.68. The molecular weight excluding hydrogens is 354 g/mol. The summed E-state index contributed by atoms with van der Waals surface area (Å²) in [5, 5.41) is 2.77. The van der Waals surface area contributed by atoms with Gasteiger partial charge in [0.2, 0.25) is 0 Å². The van der Waals surface area contributed by atoms with Crippen molar-refractivity contribution in [2.45, 2.75) is 13.8 Å². The largest absolute Gasteiger partial charge is 0.495 e. The molecule has 2 rings (SSSR count). The van der Waals surface area contributed by atoms with Gasteiger partial charge in [0.05, 0.1) is 12.8 Å². The predicted molar refractivity (Wildman–Crippen MR) is 106 cm³/mol. The first-order valence-corrected chi connectivity index (χ1v) is 8.14. The lowest BCUT2D eigenvalue weighted by molar-refractivity contribution is 0.0772. The number of anilines is 2. The zero-order valence-electron chi connectivity index (χ0n) is 15.1. The molecule has 2 amide bonds. The van der Waals surface area contributed by atoms with Gasteiger partial charge in [-0.1, -0.05) is 0 Å². The fourth-order valence-corrected chi connectivity index (χ4v) is 2.47. The molecular formula is C19H24ClN3O3. The van der Waals surface area contributed by atoms with E-state index in [-0.39, 0.29) is 24.2 Å². The van der Waals surface area contributed by atoms with E-state index >= 15 is 0 Å². The van der Waals surface area contributed by atoms with Gasteiger partial charge < -0.3 is 20.7 Å². The van der Waals surface area contributed by atoms with Gasteiger partial charge in [-0.3, -0.25) is 9.59 Å². The molecule has 0 aliphatic heterocycles. The first-order chi connectivity index (χ1) is 12.0. The van der Waals surface area contributed by atoms with Crippen LogP contribution < -0.4 is 15.8 Å². The first-order valence-electron chi connectivity index (χ1n) is 8.14. The highest BCUT2D eigenvalue weighted by Gasteiger charge is 2.13. The van der Waals surface area contributed by atoms with Crippen LogP contribution in [0.25, 0.3) is 0 Å². The number of carbonyl (C=O) groups is 2. The molecule has 26 heavy (non-hydrogen) atoms. The van der Waals surface area contributed by atoms with Crippen molar-refractivity contribution in [2.24, 2.45) is 0 Å². The van der Waals surface area contributed by atoms with Gasteiger partial charge in [0, 0.05) is 29.9 Å². The van der Waals surface area contributed by atoms with Crippen molar-refractivity contribution in [1.29, 1.82) is 0 Å². The van der Waals surface area contributed by atoms with E-state index in [0.29, 0.717) is 41.3 Å². The Balaban J connectivity index is 0.00000338. The summed E-state index contributed by atoms with van der Waals surface area (Å²) >= 11 is 0. The average Bonchev–Trinajstić information content (AvgIpc) is 2.63. The molecule has 0 heterocycles. The van der Waals surface area contributed by atoms with Crippen LogP contribution in [0.3, 0.4) is 0 Å². The zero-order valence-corrected chi connectivity index (χ0v) is 15.9. The number of nitrogens with one attached hydrogen (secondary N) is 1. The minimum absolute atomic E-state index is 0. The summed E-state index contributed by atoms with van der Waals surface area (Å²) in [5.74, 6) is 0.239. The molecule has 0 fully saturated rings. The lowest BCUT2D eigenvalue weighted by Crippen LogP contribution is -2.30. The Morgan fingerprint density at radius 1 is 1.04 bits per heavy atom. The number of halogens is 1. The van der Waals surface area contributed by atoms with Crippen LogP contribution in [0.2, 0.25) is 0 Å². The summed E-state index contributed by atoms with van der Waals surface area (Å²) in [6, 6.07) is 11.6. The van der Waals surface area contributed by atoms with Gasteiger partial charge in [0.25, 0.3) is 11.8 Å². The molecule has 0 radical (unpaired) electrons. The van der Waals surface area contributed by atoms with Crippen LogP contribution in [0.1, 0.15) is 34.6 Å². The Kier molecular flexibility index (Phi) is 7.93. The summed E-state index contributed by atoms with van der Waals surface area (Å²) < 4.78 is 5.09. The van der Waals surface area contributed by atoms with E-state index in [1.807, 2.05) is 13.8 Å². The van der Waals surface area contributed by atoms with E-state index in [1.165, 1.54) is 7.11 Å². The van der Waals surface area contributed by atoms with Gasteiger partial charge in [0.15, 0.2) is 0 Å². The zero-order chi connectivity index (χ0) is 18.4. The fraction of sp³-hybridized carbons (Fsp3) is 0.263. The van der Waals surface area contributed by atoms with E-state index < -0.39 is 0 Å². The first kappa shape index (κ1) is 21.3. The molecule has 0 bridgehead atoms. The Morgan fingerprint density at radius 2 is 1.62 bits per heavy atom. The van der Waals surface area contributed by atoms with Gasteiger partial charge in [0.1, 0.15) is 5.75 Å². The molecule has 2 aromatic rings. The SMILES string of the molecule is CCN(CC)C(=O)c1ccc(C(=O)Nc2ccc(OC)c(N)c2)cc1.Cl. The molecule has 0 aliphatic rings. The van der Waals surface area contributed by atoms with E-state index in [4.69, 9.17) is 10.5 Å². The number of nitrogen functional groups attached to an aromatic ring is 1. The number of rotatable bonds is 6. The van der Waals surface area contributed by atoms with Crippen molar-refractivity contribution in [3.8, 4) is 5.75 Å². The average molecular weight is 378 g/mol. The smallest absolute Gasteiger partial charge is 0.255 e. The third kappa shape index (κ3) is 4.89. The third-order valence-corrected chi connectivity index (χ3v) is 3.93. The maximum atomic E-state index is 12.3. The number of carbonyl (C=O) groups excluding carboxylic acids is 2. The van der Waals surface area contributed by atoms with Crippen molar-refractivity contribution < 1.29 is 14.3 Å². The van der Waals surface area contributed by atoms with Crippen molar-refractivity contribution in [3.63, 3.8) is 0 Å². The van der Waals surface area contributed by atoms with Crippen molar-refractivity contribution in [3.05, 3.63) is 53.6 Å². The standard InChI is InChI=1S/C19H23N3O3.ClH/c1-4-22(5-2)19(24)14-8-6-13(7-9-14)18(23)21-15-10-11-17(25-3)16(20)12-15;/h6-12H,4-5,20H2,1-3H3,(H,21,23);1H. The van der Waals surface area contributed by atoms with Crippen LogP contribution in [0.5, 0.6) is 5.75 Å². The molecule has 0 saturated heterocycles. The minimum atomic E-state index is -0.272. The highest BCUT2D eigenvalue weighted by atomic mass is 35.5. The van der Waals surface area contributed by atoms with E-state index in [2.05, 4.69) is 5.32 Å². The molecule has 0 atom stereocenters. The number of hydrogen-bond donors (Lipinski definition) is 2. The maximum Gasteiger partial charge on any atom is 0.255 e. The Hall–Kier alpha value is -2.73. The Bertz CT molecular complexity index is 759. The van der Waals surface area contributed by atoms with E-state index in [9.17, 15) is 9.59 Å². The quantitative estimate of drug-likeness (QED) is 0.755. The van der Waals surface area contributed by atoms with Gasteiger partial charge in [-0.25, -0.2) is 0 Å². The number of nitrogens with zero attached hydrogens (tertiary/aromatic N) is 1. The van der Waals surface area contributed by atoms with Gasteiger partial charge >= 0.3 is 0 Å². The minimum Gasteiger partial charge on any atom is -0.495 e. The second-order valence-corrected chi connectivity index (χ2v) is 5.47. The topological polar surface area (TPSA) is 84.7 Å². The summed E-state index contributed by atoms with van der Waals surface area (Å²) in [6.45, 7) is 5.17. The highest BCUT2D eigenvalue weighted by Crippen LogP contribution is 2.24. The van der Waals surface area contributed by atoms with Crippen LogP contribution >= 0.6 is 12.4 Å². The van der Waals surface area contributed by atoms with Crippen LogP contribution in [-0.4, -0.2) is 36.9 Å². The number of ether oxygens (including phenoxy) is 1. The lowest BCUT2D eigenvalue weighted by Gasteiger charge is -2.18. The van der Waals surface area contributed by atoms with Crippen molar-refractivity contribution >= 4 is 35.6 Å². The molecule has 140 valence electrons. The number of benzene rings is 2. The monoisotopic (exact) mass is 377 g/mol. The van der Waals surface area contributed by atoms with Gasteiger partial charge in [-0.15, -0.1) is 12.4 Å². The lowest BCUT2D eigenvalue weighted by atomic mass is 10.1. The van der Waals surface area contributed by atoms with E-state index in [0.717, 1.165) is 0 Å². The Morgan fingerprint density at radius 3 is 2.12 bits per heavy atom. The number of methoxy groups -OCH3 is 1. The molecule has 7 heteroatoms. The van der Waals surface area contributed by atoms with Gasteiger partial charge in [-0.2, -0.15) is 0 Å². The molecule has 3 N–H and O–H groups in total.